The highest BCUT2D eigenvalue weighted by Gasteiger charge is 2.33. The van der Waals surface area contributed by atoms with E-state index in [0.717, 1.165) is 16.9 Å². The number of hydrogen-bond acceptors (Lipinski definition) is 6. The molecule has 2 aromatic carbocycles. The van der Waals surface area contributed by atoms with Crippen LogP contribution in [0.5, 0.6) is 11.5 Å². The molecule has 1 atom stereocenters. The van der Waals surface area contributed by atoms with E-state index in [1.807, 2.05) is 36.4 Å². The van der Waals surface area contributed by atoms with Gasteiger partial charge in [-0.05, 0) is 60.2 Å². The number of carbonyl (C=O) groups is 1. The molecule has 0 spiro atoms. The number of amides is 1. The predicted molar refractivity (Wildman–Crippen MR) is 129 cm³/mol. The molecule has 1 aliphatic rings. The first-order valence-corrected chi connectivity index (χ1v) is 12.9. The molecule has 1 aliphatic heterocycles. The fraction of sp³-hybridized carbons (Fsp3) is 0.292. The van der Waals surface area contributed by atoms with Gasteiger partial charge in [-0.1, -0.05) is 18.2 Å². The minimum absolute atomic E-state index is 0.174. The lowest BCUT2D eigenvalue weighted by molar-refractivity contribution is -0.120. The zero-order valence-corrected chi connectivity index (χ0v) is 20.1. The maximum absolute atomic E-state index is 13.0. The Morgan fingerprint density at radius 3 is 2.55 bits per heavy atom. The Morgan fingerprint density at radius 2 is 1.88 bits per heavy atom. The Hall–Kier alpha value is -2.88. The second kappa shape index (κ2) is 9.94. The van der Waals surface area contributed by atoms with E-state index < -0.39 is 15.9 Å². The third-order valence-electron chi connectivity index (χ3n) is 5.71. The van der Waals surface area contributed by atoms with E-state index in [1.165, 1.54) is 15.6 Å². The summed E-state index contributed by atoms with van der Waals surface area (Å²) >= 11 is 1.19. The van der Waals surface area contributed by atoms with Gasteiger partial charge < -0.3 is 14.8 Å². The quantitative estimate of drug-likeness (QED) is 0.533. The number of piperidine rings is 1. The van der Waals surface area contributed by atoms with Crippen LogP contribution in [0.4, 0.5) is 5.69 Å². The van der Waals surface area contributed by atoms with Gasteiger partial charge in [0.1, 0.15) is 15.7 Å². The van der Waals surface area contributed by atoms with E-state index in [0.29, 0.717) is 35.0 Å². The van der Waals surface area contributed by atoms with Gasteiger partial charge in [0.15, 0.2) is 0 Å². The summed E-state index contributed by atoms with van der Waals surface area (Å²) in [5.41, 5.74) is 2.39. The highest BCUT2D eigenvalue weighted by Crippen LogP contribution is 2.34. The van der Waals surface area contributed by atoms with Crippen molar-refractivity contribution >= 4 is 33.0 Å². The monoisotopic (exact) mass is 486 g/mol. The Bertz CT molecular complexity index is 1210. The fourth-order valence-corrected chi connectivity index (χ4v) is 6.61. The third-order valence-corrected chi connectivity index (χ3v) is 8.95. The van der Waals surface area contributed by atoms with E-state index in [4.69, 9.17) is 9.47 Å². The number of rotatable bonds is 7. The number of carbonyl (C=O) groups excluding carboxylic acids is 1. The standard InChI is InChI=1S/C24H26N2O5S2/c1-30-20-10-7-17(8-11-20)21-15-19(9-12-22(21)31-2)25-24(27)18-5-3-13-26(16-18)33(28,29)23-6-4-14-32-23/h4,6-12,14-15,18H,3,5,13,16H2,1-2H3,(H,25,27). The second-order valence-electron chi connectivity index (χ2n) is 7.77. The van der Waals surface area contributed by atoms with Gasteiger partial charge in [0.05, 0.1) is 20.1 Å². The molecule has 1 aromatic heterocycles. The van der Waals surface area contributed by atoms with Crippen LogP contribution in [0.3, 0.4) is 0 Å². The molecular formula is C24H26N2O5S2. The summed E-state index contributed by atoms with van der Waals surface area (Å²) in [5, 5.41) is 4.71. The van der Waals surface area contributed by atoms with Crippen LogP contribution in [0.25, 0.3) is 11.1 Å². The number of benzene rings is 2. The summed E-state index contributed by atoms with van der Waals surface area (Å²) in [4.78, 5) is 13.0. The van der Waals surface area contributed by atoms with Gasteiger partial charge in [-0.2, -0.15) is 4.31 Å². The third kappa shape index (κ3) is 5.05. The summed E-state index contributed by atoms with van der Waals surface area (Å²) in [6.07, 6.45) is 1.28. The Balaban J connectivity index is 1.51. The van der Waals surface area contributed by atoms with Crippen molar-refractivity contribution in [1.82, 2.24) is 4.31 Å². The topological polar surface area (TPSA) is 84.9 Å². The summed E-state index contributed by atoms with van der Waals surface area (Å²) in [6, 6.07) is 16.4. The zero-order valence-electron chi connectivity index (χ0n) is 18.5. The van der Waals surface area contributed by atoms with Crippen molar-refractivity contribution in [2.75, 3.05) is 32.6 Å². The lowest BCUT2D eigenvalue weighted by atomic mass is 9.98. The van der Waals surface area contributed by atoms with Crippen LogP contribution in [-0.4, -0.2) is 45.9 Å². The minimum Gasteiger partial charge on any atom is -0.497 e. The molecule has 4 rings (SSSR count). The van der Waals surface area contributed by atoms with Crippen LogP contribution < -0.4 is 14.8 Å². The number of anilines is 1. The highest BCUT2D eigenvalue weighted by molar-refractivity contribution is 7.91. The average molecular weight is 487 g/mol. The number of ether oxygens (including phenoxy) is 2. The average Bonchev–Trinajstić information content (AvgIpc) is 3.40. The molecule has 2 heterocycles. The Morgan fingerprint density at radius 1 is 1.09 bits per heavy atom. The fourth-order valence-electron chi connectivity index (χ4n) is 3.94. The van der Waals surface area contributed by atoms with Gasteiger partial charge in [0.2, 0.25) is 5.91 Å². The van der Waals surface area contributed by atoms with E-state index in [9.17, 15) is 13.2 Å². The molecule has 1 unspecified atom stereocenters. The molecule has 0 bridgehead atoms. The Kier molecular flexibility index (Phi) is 7.02. The van der Waals surface area contributed by atoms with Crippen molar-refractivity contribution in [3.63, 3.8) is 0 Å². The minimum atomic E-state index is -3.57. The first kappa shape index (κ1) is 23.3. The van der Waals surface area contributed by atoms with Crippen molar-refractivity contribution in [3.05, 3.63) is 60.0 Å². The number of methoxy groups -OCH3 is 2. The molecule has 1 saturated heterocycles. The summed E-state index contributed by atoms with van der Waals surface area (Å²) in [7, 11) is -0.353. The van der Waals surface area contributed by atoms with Gasteiger partial charge >= 0.3 is 0 Å². The molecule has 0 saturated carbocycles. The summed E-state index contributed by atoms with van der Waals surface area (Å²) in [5.74, 6) is 0.831. The second-order valence-corrected chi connectivity index (χ2v) is 10.9. The van der Waals surface area contributed by atoms with Crippen LogP contribution in [0.2, 0.25) is 0 Å². The lowest BCUT2D eigenvalue weighted by Crippen LogP contribution is -2.43. The Labute approximate surface area is 198 Å². The molecular weight excluding hydrogens is 460 g/mol. The van der Waals surface area contributed by atoms with Gasteiger partial charge in [0, 0.05) is 24.3 Å². The van der Waals surface area contributed by atoms with Crippen molar-refractivity contribution in [1.29, 1.82) is 0 Å². The SMILES string of the molecule is COc1ccc(-c2cc(NC(=O)C3CCCN(S(=O)(=O)c4cccs4)C3)ccc2OC)cc1. The van der Waals surface area contributed by atoms with Gasteiger partial charge in [-0.3, -0.25) is 4.79 Å². The van der Waals surface area contributed by atoms with Crippen LogP contribution >= 0.6 is 11.3 Å². The van der Waals surface area contributed by atoms with E-state index in [2.05, 4.69) is 5.32 Å². The molecule has 1 amide bonds. The van der Waals surface area contributed by atoms with Gasteiger partial charge in [-0.15, -0.1) is 11.3 Å². The molecule has 33 heavy (non-hydrogen) atoms. The molecule has 7 nitrogen and oxygen atoms in total. The number of hydrogen-bond donors (Lipinski definition) is 1. The van der Waals surface area contributed by atoms with Gasteiger partial charge in [-0.25, -0.2) is 8.42 Å². The van der Waals surface area contributed by atoms with Crippen LogP contribution in [0.1, 0.15) is 12.8 Å². The zero-order chi connectivity index (χ0) is 23.4. The first-order valence-electron chi connectivity index (χ1n) is 10.6. The molecule has 1 fully saturated rings. The first-order chi connectivity index (χ1) is 15.9. The lowest BCUT2D eigenvalue weighted by Gasteiger charge is -2.30. The van der Waals surface area contributed by atoms with Crippen molar-refractivity contribution < 1.29 is 22.7 Å². The van der Waals surface area contributed by atoms with Crippen LogP contribution in [0, 0.1) is 5.92 Å². The maximum Gasteiger partial charge on any atom is 0.252 e. The van der Waals surface area contributed by atoms with Crippen molar-refractivity contribution in [2.24, 2.45) is 5.92 Å². The van der Waals surface area contributed by atoms with E-state index in [1.54, 1.807) is 37.8 Å². The molecule has 3 aromatic rings. The smallest absolute Gasteiger partial charge is 0.252 e. The summed E-state index contributed by atoms with van der Waals surface area (Å²) < 4.78 is 38.2. The molecule has 1 N–H and O–H groups in total. The normalized spacial score (nSPS) is 16.8. The van der Waals surface area contributed by atoms with E-state index in [-0.39, 0.29) is 12.5 Å². The van der Waals surface area contributed by atoms with Crippen LogP contribution in [-0.2, 0) is 14.8 Å². The molecule has 0 aliphatic carbocycles. The number of sulfonamides is 1. The van der Waals surface area contributed by atoms with Crippen molar-refractivity contribution in [2.45, 2.75) is 17.1 Å². The van der Waals surface area contributed by atoms with Crippen LogP contribution in [0.15, 0.2) is 64.2 Å². The largest absolute Gasteiger partial charge is 0.497 e. The maximum atomic E-state index is 13.0. The molecule has 9 heteroatoms. The summed E-state index contributed by atoms with van der Waals surface area (Å²) in [6.45, 7) is 0.599. The number of thiophene rings is 1. The number of nitrogens with one attached hydrogen (secondary N) is 1. The molecule has 0 radical (unpaired) electrons. The van der Waals surface area contributed by atoms with Crippen molar-refractivity contribution in [3.8, 4) is 22.6 Å². The highest BCUT2D eigenvalue weighted by atomic mass is 32.2. The molecule has 174 valence electrons. The van der Waals surface area contributed by atoms with E-state index >= 15 is 0 Å². The number of nitrogens with zero attached hydrogens (tertiary/aromatic N) is 1. The van der Waals surface area contributed by atoms with Gasteiger partial charge in [0.25, 0.3) is 10.0 Å². The predicted octanol–water partition coefficient (Wildman–Crippen LogP) is 4.47.